The molecule has 1 fully saturated rings. The van der Waals surface area contributed by atoms with Crippen LogP contribution in [0.2, 0.25) is 0 Å². The van der Waals surface area contributed by atoms with Crippen molar-refractivity contribution in [1.82, 2.24) is 15.2 Å². The Balaban J connectivity index is 1.30. The van der Waals surface area contributed by atoms with Gasteiger partial charge < -0.3 is 24.4 Å². The van der Waals surface area contributed by atoms with E-state index in [9.17, 15) is 9.59 Å². The Hall–Kier alpha value is -3.75. The van der Waals surface area contributed by atoms with E-state index in [0.717, 1.165) is 40.7 Å². The molecule has 0 aliphatic heterocycles. The Morgan fingerprint density at radius 3 is 2.17 bits per heavy atom. The van der Waals surface area contributed by atoms with E-state index in [1.807, 2.05) is 50.2 Å². The fourth-order valence-electron chi connectivity index (χ4n) is 5.43. The third-order valence-electron chi connectivity index (χ3n) is 7.42. The van der Waals surface area contributed by atoms with E-state index in [1.54, 1.807) is 17.3 Å². The molecule has 8 nitrogen and oxygen atoms in total. The largest absolute Gasteiger partial charge is 0.449 e. The van der Waals surface area contributed by atoms with Crippen LogP contribution in [0, 0.1) is 0 Å². The van der Waals surface area contributed by atoms with Gasteiger partial charge in [0.15, 0.2) is 6.29 Å². The molecule has 2 aromatic carbocycles. The Bertz CT molecular complexity index is 1240. The molecule has 2 amide bonds. The van der Waals surface area contributed by atoms with Gasteiger partial charge in [0.05, 0.1) is 6.54 Å². The number of ether oxygens (including phenoxy) is 3. The topological polar surface area (TPSA) is 90.0 Å². The summed E-state index contributed by atoms with van der Waals surface area (Å²) in [6, 6.07) is 19.4. The third kappa shape index (κ3) is 6.51. The molecule has 0 saturated heterocycles. The van der Waals surface area contributed by atoms with Crippen molar-refractivity contribution in [2.75, 3.05) is 26.4 Å². The molecule has 5 rings (SSSR count). The number of carbonyl (C=O) groups excluding carboxylic acids is 2. The lowest BCUT2D eigenvalue weighted by Crippen LogP contribution is -2.52. The van der Waals surface area contributed by atoms with Crippen LogP contribution in [0.3, 0.4) is 0 Å². The lowest BCUT2D eigenvalue weighted by molar-refractivity contribution is -0.160. The maximum Gasteiger partial charge on any atom is 0.407 e. The fourth-order valence-corrected chi connectivity index (χ4v) is 5.43. The van der Waals surface area contributed by atoms with E-state index >= 15 is 0 Å². The van der Waals surface area contributed by atoms with Crippen molar-refractivity contribution in [3.05, 3.63) is 89.7 Å². The van der Waals surface area contributed by atoms with Crippen LogP contribution in [-0.2, 0) is 25.4 Å². The lowest BCUT2D eigenvalue weighted by atomic mass is 9.98. The standard InChI is InChI=1S/C32H37N3O5/c1-3-38-30(39-4-2)20-35(23-15-16-23)31(36)29(18-22-10-9-17-33-19-22)34-32(37)40-21-28-26-13-7-5-11-24(26)25-12-6-8-14-27(25)28/h5-14,17,19,23,28-30H,3-4,15-16,18,20-21H2,1-2H3,(H,34,37). The van der Waals surface area contributed by atoms with Gasteiger partial charge in [0.2, 0.25) is 5.91 Å². The van der Waals surface area contributed by atoms with Crippen molar-refractivity contribution >= 4 is 12.0 Å². The number of carbonyl (C=O) groups is 2. The minimum Gasteiger partial charge on any atom is -0.449 e. The number of nitrogens with one attached hydrogen (secondary N) is 1. The van der Waals surface area contributed by atoms with Crippen LogP contribution in [0.15, 0.2) is 73.1 Å². The molecule has 3 aromatic rings. The first-order valence-electron chi connectivity index (χ1n) is 14.1. The van der Waals surface area contributed by atoms with Crippen LogP contribution < -0.4 is 5.32 Å². The van der Waals surface area contributed by atoms with Crippen molar-refractivity contribution in [2.45, 2.75) is 57.4 Å². The van der Waals surface area contributed by atoms with Gasteiger partial charge in [0.25, 0.3) is 0 Å². The predicted molar refractivity (Wildman–Crippen MR) is 152 cm³/mol. The number of aromatic nitrogens is 1. The van der Waals surface area contributed by atoms with Crippen molar-refractivity contribution in [2.24, 2.45) is 0 Å². The second-order valence-electron chi connectivity index (χ2n) is 10.1. The third-order valence-corrected chi connectivity index (χ3v) is 7.42. The van der Waals surface area contributed by atoms with Gasteiger partial charge >= 0.3 is 6.09 Å². The summed E-state index contributed by atoms with van der Waals surface area (Å²) in [5.74, 6) is -0.240. The highest BCUT2D eigenvalue weighted by Crippen LogP contribution is 2.44. The van der Waals surface area contributed by atoms with Crippen LogP contribution in [0.25, 0.3) is 11.1 Å². The smallest absolute Gasteiger partial charge is 0.407 e. The molecule has 0 bridgehead atoms. The highest BCUT2D eigenvalue weighted by Gasteiger charge is 2.38. The first-order valence-corrected chi connectivity index (χ1v) is 14.1. The van der Waals surface area contributed by atoms with Gasteiger partial charge in [0.1, 0.15) is 12.6 Å². The zero-order chi connectivity index (χ0) is 27.9. The minimum absolute atomic E-state index is 0.0632. The fraction of sp³-hybridized carbons (Fsp3) is 0.406. The van der Waals surface area contributed by atoms with Crippen LogP contribution in [0.4, 0.5) is 4.79 Å². The Morgan fingerprint density at radius 2 is 1.60 bits per heavy atom. The number of alkyl carbamates (subject to hydrolysis) is 1. The molecular weight excluding hydrogens is 506 g/mol. The van der Waals surface area contributed by atoms with E-state index in [1.165, 1.54) is 0 Å². The summed E-state index contributed by atoms with van der Waals surface area (Å²) in [5.41, 5.74) is 5.45. The minimum atomic E-state index is -0.815. The zero-order valence-corrected chi connectivity index (χ0v) is 23.1. The molecule has 1 heterocycles. The number of pyridine rings is 1. The normalized spacial score (nSPS) is 14.9. The van der Waals surface area contributed by atoms with Gasteiger partial charge in [-0.1, -0.05) is 54.6 Å². The Morgan fingerprint density at radius 1 is 0.950 bits per heavy atom. The Kier molecular flexibility index (Phi) is 9.08. The monoisotopic (exact) mass is 543 g/mol. The van der Waals surface area contributed by atoms with Crippen molar-refractivity contribution in [3.8, 4) is 11.1 Å². The molecule has 1 unspecified atom stereocenters. The van der Waals surface area contributed by atoms with Crippen LogP contribution in [0.5, 0.6) is 0 Å². The molecule has 1 aromatic heterocycles. The van der Waals surface area contributed by atoms with Crippen LogP contribution >= 0.6 is 0 Å². The molecule has 1 saturated carbocycles. The van der Waals surface area contributed by atoms with E-state index in [4.69, 9.17) is 14.2 Å². The summed E-state index contributed by atoms with van der Waals surface area (Å²) < 4.78 is 17.3. The highest BCUT2D eigenvalue weighted by atomic mass is 16.7. The van der Waals surface area contributed by atoms with E-state index in [2.05, 4.69) is 34.6 Å². The van der Waals surface area contributed by atoms with Gasteiger partial charge in [-0.15, -0.1) is 0 Å². The summed E-state index contributed by atoms with van der Waals surface area (Å²) >= 11 is 0. The number of rotatable bonds is 13. The van der Waals surface area contributed by atoms with Crippen molar-refractivity contribution in [1.29, 1.82) is 0 Å². The van der Waals surface area contributed by atoms with E-state index in [-0.39, 0.29) is 24.5 Å². The average molecular weight is 544 g/mol. The molecule has 1 atom stereocenters. The first kappa shape index (κ1) is 27.8. The summed E-state index contributed by atoms with van der Waals surface area (Å²) in [5, 5.41) is 2.88. The summed E-state index contributed by atoms with van der Waals surface area (Å²) in [4.78, 5) is 33.1. The summed E-state index contributed by atoms with van der Waals surface area (Å²) in [6.45, 7) is 5.25. The molecule has 1 N–H and O–H groups in total. The summed E-state index contributed by atoms with van der Waals surface area (Å²) in [7, 11) is 0. The molecule has 0 spiro atoms. The molecule has 40 heavy (non-hydrogen) atoms. The number of nitrogens with zero attached hydrogens (tertiary/aromatic N) is 2. The molecule has 8 heteroatoms. The van der Waals surface area contributed by atoms with Gasteiger partial charge in [-0.05, 0) is 60.6 Å². The molecule has 2 aliphatic rings. The van der Waals surface area contributed by atoms with Crippen LogP contribution in [0.1, 0.15) is 49.3 Å². The first-order chi connectivity index (χ1) is 19.6. The maximum atomic E-state index is 13.9. The van der Waals surface area contributed by atoms with Gasteiger partial charge in [-0.25, -0.2) is 4.79 Å². The van der Waals surface area contributed by atoms with Crippen molar-refractivity contribution < 1.29 is 23.8 Å². The molecular formula is C32H37N3O5. The SMILES string of the molecule is CCOC(CN(C(=O)C(Cc1cccnc1)NC(=O)OCC1c2ccccc2-c2ccccc21)C1CC1)OCC. The molecule has 2 aliphatic carbocycles. The predicted octanol–water partition coefficient (Wildman–Crippen LogP) is 4.92. The Labute approximate surface area is 235 Å². The van der Waals surface area contributed by atoms with E-state index < -0.39 is 18.4 Å². The lowest BCUT2D eigenvalue weighted by Gasteiger charge is -2.31. The zero-order valence-electron chi connectivity index (χ0n) is 23.1. The maximum absolute atomic E-state index is 13.9. The average Bonchev–Trinajstić information content (AvgIpc) is 3.77. The quantitative estimate of drug-likeness (QED) is 0.308. The number of hydrogen-bond acceptors (Lipinski definition) is 6. The van der Waals surface area contributed by atoms with Crippen LogP contribution in [-0.4, -0.2) is 66.6 Å². The second kappa shape index (κ2) is 13.1. The number of hydrogen-bond donors (Lipinski definition) is 1. The van der Waals surface area contributed by atoms with Gasteiger partial charge in [0, 0.05) is 44.0 Å². The molecule has 0 radical (unpaired) electrons. The number of amides is 2. The molecule has 210 valence electrons. The van der Waals surface area contributed by atoms with Crippen molar-refractivity contribution in [3.63, 3.8) is 0 Å². The second-order valence-corrected chi connectivity index (χ2v) is 10.1. The number of fused-ring (bicyclic) bond motifs is 3. The van der Waals surface area contributed by atoms with E-state index in [0.29, 0.717) is 26.2 Å². The van der Waals surface area contributed by atoms with Gasteiger partial charge in [-0.2, -0.15) is 0 Å². The van der Waals surface area contributed by atoms with Gasteiger partial charge in [-0.3, -0.25) is 9.78 Å². The number of benzene rings is 2. The summed E-state index contributed by atoms with van der Waals surface area (Å²) in [6.07, 6.45) is 4.39. The highest BCUT2D eigenvalue weighted by molar-refractivity contribution is 5.86.